The molecule has 2 aromatic rings. The number of hydrogen-bond acceptors (Lipinski definition) is 6. The quantitative estimate of drug-likeness (QED) is 0.419. The van der Waals surface area contributed by atoms with Crippen molar-refractivity contribution in [1.82, 2.24) is 9.38 Å². The number of nitrogens with two attached hydrogens (primary N) is 1. The first-order valence-corrected chi connectivity index (χ1v) is 6.31. The normalized spacial score (nSPS) is 14.5. The molecule has 0 aliphatic carbocycles. The van der Waals surface area contributed by atoms with Crippen molar-refractivity contribution >= 4 is 29.2 Å². The molecular formula is C10H12N4O4S. The van der Waals surface area contributed by atoms with Crippen LogP contribution in [0.4, 0.5) is 5.82 Å². The van der Waals surface area contributed by atoms with Crippen molar-refractivity contribution in [2.24, 2.45) is 5.73 Å². The second-order valence-corrected chi connectivity index (χ2v) is 4.76. The maximum Gasteiger partial charge on any atom is 0.321 e. The Labute approximate surface area is 112 Å². The molecule has 0 spiro atoms. The molecule has 0 saturated heterocycles. The first-order valence-electron chi connectivity index (χ1n) is 5.32. The number of aliphatic carboxylic acids is 1. The smallest absolute Gasteiger partial charge is 0.321 e. The second kappa shape index (κ2) is 5.55. The van der Waals surface area contributed by atoms with Crippen LogP contribution >= 0.6 is 11.8 Å². The molecule has 2 heterocycles. The monoisotopic (exact) mass is 284 g/mol. The molecule has 0 radical (unpaired) electrons. The number of carboxylic acid groups (broad SMARTS) is 1. The lowest BCUT2D eigenvalue weighted by Crippen LogP contribution is -2.99. The minimum atomic E-state index is -1.13. The number of nitrogens with one attached hydrogen (secondary N) is 1. The number of carbonyl (C=O) groups is 1. The van der Waals surface area contributed by atoms with Gasteiger partial charge in [0.05, 0.1) is 0 Å². The molecule has 0 amide bonds. The minimum absolute atomic E-state index is 0.0122. The van der Waals surface area contributed by atoms with Gasteiger partial charge in [-0.3, -0.25) is 9.20 Å². The average Bonchev–Trinajstić information content (AvgIpc) is 2.73. The highest BCUT2D eigenvalue weighted by Crippen LogP contribution is 2.25. The fourth-order valence-electron chi connectivity index (χ4n) is 1.51. The van der Waals surface area contributed by atoms with Gasteiger partial charge in [0.15, 0.2) is 5.03 Å². The van der Waals surface area contributed by atoms with Crippen LogP contribution in [0.5, 0.6) is 0 Å². The molecule has 5 N–H and O–H groups in total. The summed E-state index contributed by atoms with van der Waals surface area (Å²) in [5.74, 6) is -1.06. The van der Waals surface area contributed by atoms with Gasteiger partial charge in [0.25, 0.3) is 5.82 Å². The molecule has 0 aliphatic heterocycles. The molecule has 0 aliphatic rings. The molecule has 2 rings (SSSR count). The summed E-state index contributed by atoms with van der Waals surface area (Å²) in [6, 6.07) is 4.05. The maximum atomic E-state index is 11.3. The Morgan fingerprint density at radius 3 is 3.00 bits per heavy atom. The Hall–Kier alpha value is -1.65. The van der Waals surface area contributed by atoms with Crippen LogP contribution in [0.2, 0.25) is 0 Å². The van der Waals surface area contributed by atoms with E-state index < -0.39 is 17.2 Å². The highest BCUT2D eigenvalue weighted by atomic mass is 32.2. The molecule has 8 nitrogen and oxygen atoms in total. The van der Waals surface area contributed by atoms with Gasteiger partial charge in [0, 0.05) is 11.9 Å². The number of thioether (sulfide) groups is 1. The second-order valence-electron chi connectivity index (χ2n) is 3.76. The Morgan fingerprint density at radius 2 is 2.37 bits per heavy atom. The van der Waals surface area contributed by atoms with Gasteiger partial charge >= 0.3 is 5.97 Å². The van der Waals surface area contributed by atoms with E-state index in [0.717, 1.165) is 11.8 Å². The summed E-state index contributed by atoms with van der Waals surface area (Å²) >= 11 is 1.02. The Morgan fingerprint density at radius 1 is 1.63 bits per heavy atom. The lowest BCUT2D eigenvalue weighted by atomic mass is 10.4. The average molecular weight is 284 g/mol. The summed E-state index contributed by atoms with van der Waals surface area (Å²) in [5.41, 5.74) is 5.87. The van der Waals surface area contributed by atoms with Crippen LogP contribution in [-0.4, -0.2) is 37.5 Å². The van der Waals surface area contributed by atoms with Crippen LogP contribution in [0.3, 0.4) is 0 Å². The van der Waals surface area contributed by atoms with Crippen molar-refractivity contribution in [2.45, 2.75) is 11.1 Å². The predicted octanol–water partition coefficient (Wildman–Crippen LogP) is -0.758. The van der Waals surface area contributed by atoms with Crippen LogP contribution < -0.4 is 11.0 Å². The molecule has 19 heavy (non-hydrogen) atoms. The van der Waals surface area contributed by atoms with Gasteiger partial charge < -0.3 is 16.0 Å². The Balaban J connectivity index is 2.32. The molecule has 2 atom stereocenters. The van der Waals surface area contributed by atoms with E-state index in [1.807, 2.05) is 0 Å². The Bertz CT molecular complexity index is 600. The fourth-order valence-corrected chi connectivity index (χ4v) is 2.47. The van der Waals surface area contributed by atoms with E-state index in [9.17, 15) is 15.2 Å². The van der Waals surface area contributed by atoms with Gasteiger partial charge in [-0.25, -0.2) is 10.2 Å². The summed E-state index contributed by atoms with van der Waals surface area (Å²) in [4.78, 5) is 14.8. The number of hydrogen-bond donors (Lipinski definition) is 4. The number of fused-ring (bicyclic) bond motifs is 1. The fraction of sp³-hybridized carbons (Fsp3) is 0.200. The van der Waals surface area contributed by atoms with E-state index in [4.69, 9.17) is 10.8 Å². The van der Waals surface area contributed by atoms with Crippen molar-refractivity contribution < 1.29 is 20.3 Å². The van der Waals surface area contributed by atoms with Gasteiger partial charge in [-0.05, 0) is 12.1 Å². The van der Waals surface area contributed by atoms with Crippen LogP contribution in [0.25, 0.3) is 5.65 Å². The molecule has 2 aromatic heterocycles. The van der Waals surface area contributed by atoms with Crippen molar-refractivity contribution in [3.8, 4) is 0 Å². The largest absolute Gasteiger partial charge is 0.594 e. The summed E-state index contributed by atoms with van der Waals surface area (Å²) in [7, 11) is 0. The van der Waals surface area contributed by atoms with E-state index in [1.165, 1.54) is 4.40 Å². The third-order valence-corrected chi connectivity index (χ3v) is 3.50. The molecule has 0 bridgehead atoms. The third-order valence-electron chi connectivity index (χ3n) is 2.42. The zero-order chi connectivity index (χ0) is 14.0. The lowest BCUT2D eigenvalue weighted by Gasteiger charge is -2.12. The number of quaternary nitrogens is 1. The molecule has 9 heteroatoms. The van der Waals surface area contributed by atoms with E-state index in [0.29, 0.717) is 5.65 Å². The molecular weight excluding hydrogens is 272 g/mol. The highest BCUT2D eigenvalue weighted by Gasteiger charge is 2.21. The maximum absolute atomic E-state index is 11.3. The standard InChI is InChI=1S/C10H12N4O4S/c11-6(10(15)16)5-19-8-9(14(17)18)13-4-2-1-3-7(13)12-8/h1-4,6,14,17H,5,11H2,(H,15,16). The summed E-state index contributed by atoms with van der Waals surface area (Å²) in [6.07, 6.45) is 1.59. The van der Waals surface area contributed by atoms with E-state index >= 15 is 0 Å². The van der Waals surface area contributed by atoms with E-state index in [2.05, 4.69) is 4.98 Å². The Kier molecular flexibility index (Phi) is 4.02. The van der Waals surface area contributed by atoms with Gasteiger partial charge in [0.2, 0.25) is 0 Å². The number of carboxylic acids is 1. The van der Waals surface area contributed by atoms with Gasteiger partial charge in [-0.15, -0.1) is 0 Å². The molecule has 0 saturated carbocycles. The topological polar surface area (TPSA) is 128 Å². The van der Waals surface area contributed by atoms with Gasteiger partial charge in [-0.2, -0.15) is 5.23 Å². The summed E-state index contributed by atoms with van der Waals surface area (Å²) < 4.78 is 1.44. The number of imidazole rings is 1. The SMILES string of the molecule is NC(CSc1nc2ccccn2c1[NH+]([O-])O)C(=O)O. The molecule has 2 unspecified atom stereocenters. The van der Waals surface area contributed by atoms with E-state index in [-0.39, 0.29) is 16.6 Å². The first-order chi connectivity index (χ1) is 9.00. The van der Waals surface area contributed by atoms with Crippen LogP contribution in [0, 0.1) is 5.21 Å². The highest BCUT2D eigenvalue weighted by molar-refractivity contribution is 7.99. The number of rotatable bonds is 5. The summed E-state index contributed by atoms with van der Waals surface area (Å²) in [6.45, 7) is 0. The van der Waals surface area contributed by atoms with Gasteiger partial charge in [-0.1, -0.05) is 17.8 Å². The predicted molar refractivity (Wildman–Crippen MR) is 67.3 cm³/mol. The van der Waals surface area contributed by atoms with Crippen LogP contribution in [0.15, 0.2) is 29.4 Å². The lowest BCUT2D eigenvalue weighted by molar-refractivity contribution is -0.994. The van der Waals surface area contributed by atoms with Crippen molar-refractivity contribution in [3.05, 3.63) is 29.6 Å². The number of pyridine rings is 1. The zero-order valence-electron chi connectivity index (χ0n) is 9.68. The van der Waals surface area contributed by atoms with Gasteiger partial charge in [0.1, 0.15) is 11.7 Å². The van der Waals surface area contributed by atoms with Crippen molar-refractivity contribution in [2.75, 3.05) is 5.75 Å². The minimum Gasteiger partial charge on any atom is -0.594 e. The summed E-state index contributed by atoms with van der Waals surface area (Å²) in [5, 5.41) is 28.3. The number of nitrogens with zero attached hydrogens (tertiary/aromatic N) is 2. The molecule has 0 fully saturated rings. The first kappa shape index (κ1) is 13.8. The van der Waals surface area contributed by atoms with E-state index in [1.54, 1.807) is 24.4 Å². The van der Waals surface area contributed by atoms with Crippen molar-refractivity contribution in [1.29, 1.82) is 0 Å². The number of aromatic nitrogens is 2. The molecule has 0 aromatic carbocycles. The zero-order valence-corrected chi connectivity index (χ0v) is 10.5. The van der Waals surface area contributed by atoms with Crippen LogP contribution in [-0.2, 0) is 4.79 Å². The third kappa shape index (κ3) is 2.85. The van der Waals surface area contributed by atoms with Crippen LogP contribution in [0.1, 0.15) is 0 Å². The van der Waals surface area contributed by atoms with Crippen molar-refractivity contribution in [3.63, 3.8) is 0 Å². The molecule has 102 valence electrons.